The molecule has 2 rings (SSSR count). The van der Waals surface area contributed by atoms with Crippen LogP contribution >= 0.6 is 0 Å². The molecule has 1 aromatic rings. The monoisotopic (exact) mass is 224 g/mol. The minimum atomic E-state index is -0.0161. The van der Waals surface area contributed by atoms with Gasteiger partial charge in [-0.2, -0.15) is 5.26 Å². The minimum absolute atomic E-state index is 0.0161. The van der Waals surface area contributed by atoms with Crippen LogP contribution in [0.5, 0.6) is 0 Å². The normalized spacial score (nSPS) is 18.8. The molecule has 0 saturated carbocycles. The highest BCUT2D eigenvalue weighted by Crippen LogP contribution is 2.27. The van der Waals surface area contributed by atoms with Crippen LogP contribution in [0.1, 0.15) is 12.0 Å². The number of nitriles is 1. The van der Waals surface area contributed by atoms with Gasteiger partial charge in [-0.05, 0) is 11.6 Å². The molecule has 17 heavy (non-hydrogen) atoms. The molecule has 1 unspecified atom stereocenters. The van der Waals surface area contributed by atoms with Crippen LogP contribution < -0.4 is 4.90 Å². The number of rotatable bonds is 2. The number of amides is 1. The third-order valence-electron chi connectivity index (χ3n) is 2.91. The van der Waals surface area contributed by atoms with Crippen molar-refractivity contribution in [2.45, 2.75) is 12.8 Å². The number of nitrogens with zero attached hydrogens (tertiary/aromatic N) is 2. The predicted octanol–water partition coefficient (Wildman–Crippen LogP) is 1.74. The minimum Gasteiger partial charge on any atom is -0.311 e. The first-order valence-corrected chi connectivity index (χ1v) is 5.47. The molecule has 1 aromatic carbocycles. The van der Waals surface area contributed by atoms with E-state index in [2.05, 4.69) is 12.0 Å². The number of para-hydroxylation sites is 1. The van der Waals surface area contributed by atoms with Gasteiger partial charge < -0.3 is 4.90 Å². The standard InChI is InChI=1S/C14H12N2O/c1-2-11-9-14(17)16(10-11)13-6-4-3-5-12(13)7-8-15/h1,3-6,11H,7,9-10H2. The zero-order valence-corrected chi connectivity index (χ0v) is 9.39. The summed E-state index contributed by atoms with van der Waals surface area (Å²) in [6.45, 7) is 0.553. The Kier molecular flexibility index (Phi) is 3.12. The van der Waals surface area contributed by atoms with E-state index in [9.17, 15) is 4.79 Å². The van der Waals surface area contributed by atoms with Crippen molar-refractivity contribution in [1.29, 1.82) is 5.26 Å². The lowest BCUT2D eigenvalue weighted by Gasteiger charge is -2.18. The van der Waals surface area contributed by atoms with E-state index >= 15 is 0 Å². The van der Waals surface area contributed by atoms with E-state index in [1.165, 1.54) is 0 Å². The van der Waals surface area contributed by atoms with Crippen LogP contribution in [0.3, 0.4) is 0 Å². The Labute approximate surface area is 101 Å². The van der Waals surface area contributed by atoms with E-state index in [0.29, 0.717) is 19.4 Å². The summed E-state index contributed by atoms with van der Waals surface area (Å²) in [5.74, 6) is 2.64. The number of carbonyl (C=O) groups is 1. The summed E-state index contributed by atoms with van der Waals surface area (Å²) in [7, 11) is 0. The summed E-state index contributed by atoms with van der Waals surface area (Å²) in [6, 6.07) is 9.58. The lowest BCUT2D eigenvalue weighted by molar-refractivity contribution is -0.117. The lowest BCUT2D eigenvalue weighted by atomic mass is 10.1. The van der Waals surface area contributed by atoms with Gasteiger partial charge in [0.1, 0.15) is 0 Å². The summed E-state index contributed by atoms with van der Waals surface area (Å²) in [5.41, 5.74) is 1.69. The number of terminal acetylenes is 1. The predicted molar refractivity (Wildman–Crippen MR) is 65.1 cm³/mol. The van der Waals surface area contributed by atoms with Crippen LogP contribution in [0.15, 0.2) is 24.3 Å². The molecule has 0 radical (unpaired) electrons. The first-order chi connectivity index (χ1) is 8.26. The number of carbonyl (C=O) groups excluding carboxylic acids is 1. The molecule has 1 amide bonds. The van der Waals surface area contributed by atoms with Crippen LogP contribution in [0.25, 0.3) is 0 Å². The molecule has 3 heteroatoms. The van der Waals surface area contributed by atoms with E-state index in [1.54, 1.807) is 4.90 Å². The lowest BCUT2D eigenvalue weighted by Crippen LogP contribution is -2.25. The molecular formula is C14H12N2O. The van der Waals surface area contributed by atoms with Gasteiger partial charge in [0.25, 0.3) is 0 Å². The molecule has 1 atom stereocenters. The molecule has 84 valence electrons. The molecule has 1 saturated heterocycles. The van der Waals surface area contributed by atoms with Crippen molar-refractivity contribution < 1.29 is 4.79 Å². The number of hydrogen-bond acceptors (Lipinski definition) is 2. The van der Waals surface area contributed by atoms with Gasteiger partial charge >= 0.3 is 0 Å². The fourth-order valence-corrected chi connectivity index (χ4v) is 2.06. The highest BCUT2D eigenvalue weighted by atomic mass is 16.2. The van der Waals surface area contributed by atoms with Gasteiger partial charge in [0, 0.05) is 24.6 Å². The Morgan fingerprint density at radius 3 is 2.88 bits per heavy atom. The number of hydrogen-bond donors (Lipinski definition) is 0. The maximum absolute atomic E-state index is 11.8. The maximum Gasteiger partial charge on any atom is 0.228 e. The summed E-state index contributed by atoms with van der Waals surface area (Å²) in [6.07, 6.45) is 6.06. The second-order valence-corrected chi connectivity index (χ2v) is 4.04. The first kappa shape index (κ1) is 11.2. The molecule has 1 fully saturated rings. The highest BCUT2D eigenvalue weighted by Gasteiger charge is 2.30. The molecule has 3 nitrogen and oxygen atoms in total. The average Bonchev–Trinajstić information content (AvgIpc) is 2.72. The molecule has 0 bridgehead atoms. The number of benzene rings is 1. The fourth-order valence-electron chi connectivity index (χ4n) is 2.06. The van der Waals surface area contributed by atoms with Crippen LogP contribution in [-0.4, -0.2) is 12.5 Å². The van der Waals surface area contributed by atoms with Crippen LogP contribution in [-0.2, 0) is 11.2 Å². The Hall–Kier alpha value is -2.26. The van der Waals surface area contributed by atoms with E-state index in [4.69, 9.17) is 11.7 Å². The van der Waals surface area contributed by atoms with E-state index in [0.717, 1.165) is 11.3 Å². The molecule has 1 aliphatic rings. The van der Waals surface area contributed by atoms with Gasteiger partial charge in [-0.15, -0.1) is 12.3 Å². The van der Waals surface area contributed by atoms with Gasteiger partial charge in [-0.3, -0.25) is 4.79 Å². The summed E-state index contributed by atoms with van der Waals surface area (Å²) < 4.78 is 0. The van der Waals surface area contributed by atoms with Crippen molar-refractivity contribution in [3.8, 4) is 18.4 Å². The smallest absolute Gasteiger partial charge is 0.228 e. The zero-order valence-electron chi connectivity index (χ0n) is 9.39. The fraction of sp³-hybridized carbons (Fsp3) is 0.286. The molecule has 0 spiro atoms. The summed E-state index contributed by atoms with van der Waals surface area (Å²) in [4.78, 5) is 13.5. The summed E-state index contributed by atoms with van der Waals surface area (Å²) in [5, 5.41) is 8.77. The molecule has 0 aromatic heterocycles. The average molecular weight is 224 g/mol. The third-order valence-corrected chi connectivity index (χ3v) is 2.91. The van der Waals surface area contributed by atoms with Crippen molar-refractivity contribution in [2.24, 2.45) is 5.92 Å². The van der Waals surface area contributed by atoms with E-state index < -0.39 is 0 Å². The van der Waals surface area contributed by atoms with Crippen molar-refractivity contribution in [3.63, 3.8) is 0 Å². The summed E-state index contributed by atoms with van der Waals surface area (Å²) >= 11 is 0. The molecule has 0 N–H and O–H groups in total. The van der Waals surface area contributed by atoms with Gasteiger partial charge in [0.05, 0.1) is 12.5 Å². The van der Waals surface area contributed by atoms with Crippen molar-refractivity contribution in [3.05, 3.63) is 29.8 Å². The third kappa shape index (κ3) is 2.14. The molecule has 1 heterocycles. The van der Waals surface area contributed by atoms with Crippen molar-refractivity contribution >= 4 is 11.6 Å². The van der Waals surface area contributed by atoms with Crippen LogP contribution in [0, 0.1) is 29.6 Å². The Morgan fingerprint density at radius 2 is 2.24 bits per heavy atom. The maximum atomic E-state index is 11.8. The Bertz CT molecular complexity index is 522. The SMILES string of the molecule is C#CC1CC(=O)N(c2ccccc2CC#N)C1. The topological polar surface area (TPSA) is 44.1 Å². The van der Waals surface area contributed by atoms with Gasteiger partial charge in [-0.25, -0.2) is 0 Å². The molecular weight excluding hydrogens is 212 g/mol. The van der Waals surface area contributed by atoms with E-state index in [-0.39, 0.29) is 11.8 Å². The molecule has 1 aliphatic heterocycles. The first-order valence-electron chi connectivity index (χ1n) is 5.47. The number of anilines is 1. The van der Waals surface area contributed by atoms with Gasteiger partial charge in [0.2, 0.25) is 5.91 Å². The van der Waals surface area contributed by atoms with Gasteiger partial charge in [0.15, 0.2) is 0 Å². The van der Waals surface area contributed by atoms with Gasteiger partial charge in [-0.1, -0.05) is 18.2 Å². The van der Waals surface area contributed by atoms with Crippen LogP contribution in [0.4, 0.5) is 5.69 Å². The van der Waals surface area contributed by atoms with E-state index in [1.807, 2.05) is 24.3 Å². The molecule has 0 aliphatic carbocycles. The van der Waals surface area contributed by atoms with Crippen molar-refractivity contribution in [1.82, 2.24) is 0 Å². The van der Waals surface area contributed by atoms with Crippen LogP contribution in [0.2, 0.25) is 0 Å². The zero-order chi connectivity index (χ0) is 12.3. The Morgan fingerprint density at radius 1 is 1.47 bits per heavy atom. The highest BCUT2D eigenvalue weighted by molar-refractivity contribution is 5.96. The second-order valence-electron chi connectivity index (χ2n) is 4.04. The second kappa shape index (κ2) is 4.72. The quantitative estimate of drug-likeness (QED) is 0.718. The largest absolute Gasteiger partial charge is 0.311 e. The van der Waals surface area contributed by atoms with Crippen molar-refractivity contribution in [2.75, 3.05) is 11.4 Å². The Balaban J connectivity index is 2.32.